The summed E-state index contributed by atoms with van der Waals surface area (Å²) < 4.78 is 21.9. The molecule has 7 aromatic rings. The third-order valence-electron chi connectivity index (χ3n) is 9.73. The van der Waals surface area contributed by atoms with E-state index < -0.39 is 11.9 Å². The number of aryl methyl sites for hydroxylation is 1. The number of nitrogens with zero attached hydrogens (tertiary/aromatic N) is 6. The number of carbonyl (C=O) groups excluding carboxylic acids is 2. The Labute approximate surface area is 343 Å². The maximum Gasteiger partial charge on any atom is 0.338 e. The summed E-state index contributed by atoms with van der Waals surface area (Å²) in [7, 11) is 2.58. The summed E-state index contributed by atoms with van der Waals surface area (Å²) in [6, 6.07) is 37.6. The van der Waals surface area contributed by atoms with Crippen molar-refractivity contribution in [2.45, 2.75) is 32.5 Å². The van der Waals surface area contributed by atoms with Crippen LogP contribution in [-0.2, 0) is 29.1 Å². The van der Waals surface area contributed by atoms with Gasteiger partial charge in [0.05, 0.1) is 43.3 Å². The van der Waals surface area contributed by atoms with E-state index in [4.69, 9.17) is 14.2 Å². The summed E-state index contributed by atoms with van der Waals surface area (Å²) in [5.74, 6) is -0.681. The van der Waals surface area contributed by atoms with Crippen LogP contribution in [-0.4, -0.2) is 37.7 Å². The normalized spacial score (nSPS) is 11.0. The standard InChI is InChI=1S/C48H45N6O5/c1-57-47(55)42-31-43(48(56)58-2)33-46(32-42)59-30-4-3-23-52-24-15-40(16-25-52)41-19-28-54(29-20-41)35-37-7-11-45(12-8-37)51-50-44-9-5-36(6-10-44)34-53-26-17-39(18-27-53)38-13-21-49-22-14-38/h5-22,24-29,31-33H,3-4,23,30,34-35H2,1-2H3/q+3. The second-order valence-corrected chi connectivity index (χ2v) is 13.9. The molecule has 0 aliphatic heterocycles. The van der Waals surface area contributed by atoms with Crippen molar-refractivity contribution in [2.75, 3.05) is 20.8 Å². The van der Waals surface area contributed by atoms with E-state index in [2.05, 4.69) is 127 Å². The van der Waals surface area contributed by atoms with Crippen LogP contribution in [0.1, 0.15) is 44.7 Å². The Morgan fingerprint density at radius 1 is 0.525 bits per heavy atom. The minimum atomic E-state index is -0.549. The quantitative estimate of drug-likeness (QED) is 0.0423. The molecule has 0 bridgehead atoms. The lowest BCUT2D eigenvalue weighted by atomic mass is 10.1. The highest BCUT2D eigenvalue weighted by Crippen LogP contribution is 2.22. The monoisotopic (exact) mass is 785 g/mol. The zero-order valence-corrected chi connectivity index (χ0v) is 33.1. The van der Waals surface area contributed by atoms with Gasteiger partial charge in [-0.3, -0.25) is 4.98 Å². The molecule has 0 radical (unpaired) electrons. The number of hydrogen-bond donors (Lipinski definition) is 0. The Morgan fingerprint density at radius 3 is 1.39 bits per heavy atom. The van der Waals surface area contributed by atoms with Gasteiger partial charge in [-0.1, -0.05) is 24.3 Å². The Morgan fingerprint density at radius 2 is 0.949 bits per heavy atom. The highest BCUT2D eigenvalue weighted by Gasteiger charge is 2.15. The molecule has 0 amide bonds. The largest absolute Gasteiger partial charge is 0.494 e. The molecule has 11 nitrogen and oxygen atoms in total. The summed E-state index contributed by atoms with van der Waals surface area (Å²) in [5, 5.41) is 8.91. The van der Waals surface area contributed by atoms with Gasteiger partial charge in [-0.2, -0.15) is 10.2 Å². The maximum absolute atomic E-state index is 12.0. The smallest absolute Gasteiger partial charge is 0.338 e. The third kappa shape index (κ3) is 11.1. The Balaban J connectivity index is 0.841. The maximum atomic E-state index is 12.0. The van der Waals surface area contributed by atoms with Crippen LogP contribution in [0, 0.1) is 0 Å². The van der Waals surface area contributed by atoms with Gasteiger partial charge in [-0.15, -0.1) is 0 Å². The Kier molecular flexibility index (Phi) is 13.3. The van der Waals surface area contributed by atoms with Gasteiger partial charge in [0.1, 0.15) is 12.3 Å². The average molecular weight is 786 g/mol. The van der Waals surface area contributed by atoms with Crippen LogP contribution >= 0.6 is 0 Å². The molecule has 7 rings (SSSR count). The lowest BCUT2D eigenvalue weighted by molar-refractivity contribution is -0.697. The van der Waals surface area contributed by atoms with E-state index in [1.807, 2.05) is 48.8 Å². The van der Waals surface area contributed by atoms with Gasteiger partial charge < -0.3 is 14.2 Å². The van der Waals surface area contributed by atoms with Gasteiger partial charge in [0, 0.05) is 66.3 Å². The molecule has 0 atom stereocenters. The molecule has 59 heavy (non-hydrogen) atoms. The zero-order chi connectivity index (χ0) is 40.8. The topological polar surface area (TPSA) is 111 Å². The molecule has 0 aliphatic rings. The molecule has 4 heterocycles. The van der Waals surface area contributed by atoms with Crippen LogP contribution < -0.4 is 18.4 Å². The van der Waals surface area contributed by atoms with Gasteiger partial charge in [-0.25, -0.2) is 23.3 Å². The molecule has 0 spiro atoms. The fraction of sp³-hybridized carbons (Fsp3) is 0.167. The van der Waals surface area contributed by atoms with E-state index in [1.54, 1.807) is 12.1 Å². The molecule has 4 aromatic heterocycles. The van der Waals surface area contributed by atoms with Crippen LogP contribution in [0.3, 0.4) is 0 Å². The van der Waals surface area contributed by atoms with Crippen LogP contribution in [0.25, 0.3) is 22.3 Å². The summed E-state index contributed by atoms with van der Waals surface area (Å²) in [6.07, 6.45) is 17.8. The molecule has 0 fully saturated rings. The number of methoxy groups -OCH3 is 2. The summed E-state index contributed by atoms with van der Waals surface area (Å²) in [4.78, 5) is 28.2. The van der Waals surface area contributed by atoms with Gasteiger partial charge in [-0.05, 0) is 83.3 Å². The lowest BCUT2D eigenvalue weighted by Crippen LogP contribution is -2.33. The zero-order valence-electron chi connectivity index (χ0n) is 33.1. The average Bonchev–Trinajstić information content (AvgIpc) is 3.29. The van der Waals surface area contributed by atoms with E-state index in [9.17, 15) is 9.59 Å². The molecule has 0 saturated carbocycles. The van der Waals surface area contributed by atoms with Gasteiger partial charge in [0.25, 0.3) is 0 Å². The number of esters is 2. The van der Waals surface area contributed by atoms with E-state index in [0.717, 1.165) is 66.1 Å². The lowest BCUT2D eigenvalue weighted by Gasteiger charge is -2.09. The summed E-state index contributed by atoms with van der Waals surface area (Å²) >= 11 is 0. The van der Waals surface area contributed by atoms with E-state index >= 15 is 0 Å². The molecule has 0 aliphatic carbocycles. The highest BCUT2D eigenvalue weighted by molar-refractivity contribution is 5.96. The predicted octanol–water partition coefficient (Wildman–Crippen LogP) is 8.22. The van der Waals surface area contributed by atoms with Crippen molar-refractivity contribution in [3.63, 3.8) is 0 Å². The molecule has 0 saturated heterocycles. The molecule has 294 valence electrons. The minimum Gasteiger partial charge on any atom is -0.494 e. The van der Waals surface area contributed by atoms with Crippen molar-refractivity contribution in [1.29, 1.82) is 0 Å². The molecular formula is C48H45N6O5+3. The van der Waals surface area contributed by atoms with Crippen LogP contribution in [0.5, 0.6) is 5.75 Å². The van der Waals surface area contributed by atoms with Crippen molar-refractivity contribution >= 4 is 23.3 Å². The fourth-order valence-corrected chi connectivity index (χ4v) is 6.47. The third-order valence-corrected chi connectivity index (χ3v) is 9.73. The fourth-order valence-electron chi connectivity index (χ4n) is 6.47. The predicted molar refractivity (Wildman–Crippen MR) is 221 cm³/mol. The second kappa shape index (κ2) is 19.6. The van der Waals surface area contributed by atoms with Gasteiger partial charge in [0.15, 0.2) is 50.3 Å². The molecule has 0 unspecified atom stereocenters. The Hall–Kier alpha value is -7.40. The molecular weight excluding hydrogens is 741 g/mol. The van der Waals surface area contributed by atoms with Crippen LogP contribution in [0.15, 0.2) is 175 Å². The highest BCUT2D eigenvalue weighted by atomic mass is 16.5. The number of ether oxygens (including phenoxy) is 3. The molecule has 0 N–H and O–H groups in total. The number of aromatic nitrogens is 4. The van der Waals surface area contributed by atoms with Crippen molar-refractivity contribution in [2.24, 2.45) is 10.2 Å². The second-order valence-electron chi connectivity index (χ2n) is 13.9. The molecule has 3 aromatic carbocycles. The SMILES string of the molecule is COC(=O)c1cc(OCCCC[n+]2ccc(-c3cc[n+](Cc4ccc(N=Nc5ccc(C[n+]6ccc(-c7ccncc7)cc6)cc5)cc4)cc3)cc2)cc(C(=O)OC)c1. The number of benzene rings is 3. The molecule has 11 heteroatoms. The van der Waals surface area contributed by atoms with Crippen molar-refractivity contribution in [3.05, 3.63) is 187 Å². The van der Waals surface area contributed by atoms with Crippen molar-refractivity contribution in [3.8, 4) is 28.0 Å². The summed E-state index contributed by atoms with van der Waals surface area (Å²) in [6.45, 7) is 2.77. The number of rotatable bonds is 16. The minimum absolute atomic E-state index is 0.231. The first-order valence-corrected chi connectivity index (χ1v) is 19.3. The number of pyridine rings is 4. The van der Waals surface area contributed by atoms with Crippen molar-refractivity contribution < 1.29 is 37.5 Å². The van der Waals surface area contributed by atoms with Crippen LogP contribution in [0.4, 0.5) is 11.4 Å². The number of unbranched alkanes of at least 4 members (excludes halogenated alkanes) is 1. The van der Waals surface area contributed by atoms with Gasteiger partial charge >= 0.3 is 11.9 Å². The van der Waals surface area contributed by atoms with E-state index in [0.29, 0.717) is 12.4 Å². The number of azo groups is 1. The number of hydrogen-bond acceptors (Lipinski definition) is 8. The van der Waals surface area contributed by atoms with Crippen molar-refractivity contribution in [1.82, 2.24) is 4.98 Å². The van der Waals surface area contributed by atoms with E-state index in [-0.39, 0.29) is 11.1 Å². The first-order valence-electron chi connectivity index (χ1n) is 19.3. The number of carbonyl (C=O) groups is 2. The van der Waals surface area contributed by atoms with E-state index in [1.165, 1.54) is 31.4 Å². The first kappa shape index (κ1) is 39.8. The first-order chi connectivity index (χ1) is 28.9. The summed E-state index contributed by atoms with van der Waals surface area (Å²) in [5.41, 5.74) is 9.02. The van der Waals surface area contributed by atoms with Gasteiger partial charge in [0.2, 0.25) is 0 Å². The Bertz CT molecular complexity index is 2460. The van der Waals surface area contributed by atoms with Crippen LogP contribution in [0.2, 0.25) is 0 Å².